The van der Waals surface area contributed by atoms with Crippen LogP contribution in [-0.4, -0.2) is 98.9 Å². The third-order valence-corrected chi connectivity index (χ3v) is 8.60. The van der Waals surface area contributed by atoms with Crippen molar-refractivity contribution in [1.82, 2.24) is 4.90 Å². The Kier molecular flexibility index (Phi) is 4.75. The smallest absolute Gasteiger partial charge is 0.335 e. The number of carboxylic acids is 1. The summed E-state index contributed by atoms with van der Waals surface area (Å²) < 4.78 is 17.6. The van der Waals surface area contributed by atoms with Crippen LogP contribution < -0.4 is 9.47 Å². The van der Waals surface area contributed by atoms with Gasteiger partial charge in [-0.2, -0.15) is 0 Å². The molecule has 2 saturated heterocycles. The summed E-state index contributed by atoms with van der Waals surface area (Å²) in [6.45, 7) is 0.895. The first-order valence-electron chi connectivity index (χ1n) is 11.5. The lowest BCUT2D eigenvalue weighted by atomic mass is 9.51. The maximum Gasteiger partial charge on any atom is 0.335 e. The van der Waals surface area contributed by atoms with Gasteiger partial charge in [0.2, 0.25) is 6.29 Å². The van der Waals surface area contributed by atoms with E-state index in [0.717, 1.165) is 36.9 Å². The number of likely N-dealkylation sites (tertiary alicyclic amines) is 1. The van der Waals surface area contributed by atoms with Crippen LogP contribution in [0.15, 0.2) is 12.1 Å². The molecule has 1 aromatic carbocycles. The molecule has 0 aromatic heterocycles. The summed E-state index contributed by atoms with van der Waals surface area (Å²) in [6.07, 6.45) is -6.18. The van der Waals surface area contributed by atoms with Crippen LogP contribution >= 0.6 is 0 Å². The molecule has 3 aliphatic heterocycles. The second-order valence-corrected chi connectivity index (χ2v) is 10.1. The molecule has 5 N–H and O–H groups in total. The molecule has 10 atom stereocenters. The quantitative estimate of drug-likeness (QED) is 0.377. The largest absolute Gasteiger partial charge is 0.483 e. The molecule has 2 aliphatic carbocycles. The SMILES string of the molecule is CN1CC[C@]23c4c5ccc(O[C@@H]6O[C@H](C(=O)O)[C@@H](O)[C@H](O)[C@H]6O)c4O[C@H]2[C@@H](O)CC[C@H]3[C@H]1C5. The summed E-state index contributed by atoms with van der Waals surface area (Å²) in [5, 5.41) is 50.7. The third kappa shape index (κ3) is 2.79. The van der Waals surface area contributed by atoms with Crippen LogP contribution in [0.3, 0.4) is 0 Å². The number of carbonyl (C=O) groups is 1. The van der Waals surface area contributed by atoms with Crippen LogP contribution in [0.4, 0.5) is 0 Å². The Morgan fingerprint density at radius 3 is 2.70 bits per heavy atom. The summed E-state index contributed by atoms with van der Waals surface area (Å²) in [5.41, 5.74) is 1.87. The monoisotopic (exact) mass is 463 g/mol. The molecular formula is C23H29NO9. The highest BCUT2D eigenvalue weighted by Gasteiger charge is 2.65. The first-order valence-corrected chi connectivity index (χ1v) is 11.5. The molecule has 6 rings (SSSR count). The van der Waals surface area contributed by atoms with Crippen molar-refractivity contribution in [2.75, 3.05) is 13.6 Å². The van der Waals surface area contributed by atoms with Crippen molar-refractivity contribution in [3.63, 3.8) is 0 Å². The van der Waals surface area contributed by atoms with Crippen LogP contribution in [0.1, 0.15) is 30.4 Å². The second kappa shape index (κ2) is 7.27. The average molecular weight is 463 g/mol. The van der Waals surface area contributed by atoms with Crippen molar-refractivity contribution in [2.24, 2.45) is 5.92 Å². The van der Waals surface area contributed by atoms with E-state index >= 15 is 0 Å². The van der Waals surface area contributed by atoms with Crippen LogP contribution in [0.5, 0.6) is 11.5 Å². The minimum atomic E-state index is -1.79. The second-order valence-electron chi connectivity index (χ2n) is 10.1. The van der Waals surface area contributed by atoms with Crippen LogP contribution in [0, 0.1) is 5.92 Å². The third-order valence-electron chi connectivity index (χ3n) is 8.60. The lowest BCUT2D eigenvalue weighted by molar-refractivity contribution is -0.271. The molecule has 1 saturated carbocycles. The number of aliphatic hydroxyl groups is 4. The minimum Gasteiger partial charge on any atom is -0.483 e. The van der Waals surface area contributed by atoms with Gasteiger partial charge in [-0.15, -0.1) is 0 Å². The Balaban J connectivity index is 1.40. The topological polar surface area (TPSA) is 149 Å². The van der Waals surface area contributed by atoms with Gasteiger partial charge in [0, 0.05) is 17.0 Å². The fraction of sp³-hybridized carbons (Fsp3) is 0.696. The first-order chi connectivity index (χ1) is 15.7. The lowest BCUT2D eigenvalue weighted by Crippen LogP contribution is -2.66. The summed E-state index contributed by atoms with van der Waals surface area (Å²) in [5.74, 6) is -0.368. The van der Waals surface area contributed by atoms with Gasteiger partial charge in [0.25, 0.3) is 0 Å². The van der Waals surface area contributed by atoms with Gasteiger partial charge in [-0.3, -0.25) is 0 Å². The zero-order valence-corrected chi connectivity index (χ0v) is 18.2. The summed E-state index contributed by atoms with van der Waals surface area (Å²) in [6, 6.07) is 4.03. The molecule has 3 fully saturated rings. The first kappa shape index (κ1) is 21.6. The Bertz CT molecular complexity index is 987. The van der Waals surface area contributed by atoms with Gasteiger partial charge in [0.1, 0.15) is 24.4 Å². The molecule has 5 aliphatic rings. The van der Waals surface area contributed by atoms with Gasteiger partial charge < -0.3 is 44.6 Å². The van der Waals surface area contributed by atoms with Crippen molar-refractivity contribution >= 4 is 5.97 Å². The molecule has 0 unspecified atom stereocenters. The Morgan fingerprint density at radius 1 is 1.15 bits per heavy atom. The van der Waals surface area contributed by atoms with Crippen LogP contribution in [0.2, 0.25) is 0 Å². The molecule has 2 bridgehead atoms. The molecule has 0 amide bonds. The number of hydrogen-bond acceptors (Lipinski definition) is 9. The maximum absolute atomic E-state index is 11.5. The zero-order chi connectivity index (χ0) is 23.2. The number of aliphatic hydroxyl groups excluding tert-OH is 4. The predicted octanol–water partition coefficient (Wildman–Crippen LogP) is -1.01. The highest BCUT2D eigenvalue weighted by molar-refractivity contribution is 5.73. The van der Waals surface area contributed by atoms with Crippen LogP contribution in [0.25, 0.3) is 0 Å². The molecule has 33 heavy (non-hydrogen) atoms. The predicted molar refractivity (Wildman–Crippen MR) is 111 cm³/mol. The van der Waals surface area contributed by atoms with Gasteiger partial charge >= 0.3 is 5.97 Å². The number of ether oxygens (including phenoxy) is 3. The summed E-state index contributed by atoms with van der Waals surface area (Å²) in [4.78, 5) is 13.9. The Morgan fingerprint density at radius 2 is 1.94 bits per heavy atom. The number of aliphatic carboxylic acids is 1. The molecule has 1 aromatic rings. The number of hydrogen-bond donors (Lipinski definition) is 5. The van der Waals surface area contributed by atoms with E-state index in [9.17, 15) is 30.3 Å². The molecule has 3 heterocycles. The number of rotatable bonds is 3. The Hall–Kier alpha value is -1.95. The molecule has 180 valence electrons. The van der Waals surface area contributed by atoms with E-state index in [2.05, 4.69) is 11.9 Å². The zero-order valence-electron chi connectivity index (χ0n) is 18.2. The van der Waals surface area contributed by atoms with E-state index < -0.39 is 48.9 Å². The average Bonchev–Trinajstić information content (AvgIpc) is 3.14. The van der Waals surface area contributed by atoms with Gasteiger partial charge in [0.15, 0.2) is 17.6 Å². The van der Waals surface area contributed by atoms with E-state index in [1.807, 2.05) is 6.07 Å². The fourth-order valence-corrected chi connectivity index (χ4v) is 7.07. The molecule has 10 nitrogen and oxygen atoms in total. The standard InChI is InChI=1S/C23H29NO9/c1-24-7-6-23-10-3-4-12(25)20(23)32-18-13(5-2-9(14(18)23)8-11(10)24)31-22-17(28)15(26)16(27)19(33-22)21(29)30/h2,5,10-12,15-17,19-20,22,25-28H,3-4,6-8H2,1H3,(H,29,30)/t10-,11+,12-,15-,16-,17+,19-,20-,22+,23-/m0/s1. The lowest BCUT2D eigenvalue weighted by Gasteiger charge is -2.58. The molecule has 0 radical (unpaired) electrons. The van der Waals surface area contributed by atoms with Crippen molar-refractivity contribution in [3.05, 3.63) is 23.3 Å². The van der Waals surface area contributed by atoms with Gasteiger partial charge in [-0.25, -0.2) is 4.79 Å². The van der Waals surface area contributed by atoms with Gasteiger partial charge in [0.05, 0.1) is 6.10 Å². The number of nitrogens with zero attached hydrogens (tertiary/aromatic N) is 1. The molecular weight excluding hydrogens is 434 g/mol. The normalized spacial score (nSPS) is 45.8. The van der Waals surface area contributed by atoms with Crippen molar-refractivity contribution in [1.29, 1.82) is 0 Å². The minimum absolute atomic E-state index is 0.262. The van der Waals surface area contributed by atoms with E-state index in [0.29, 0.717) is 24.1 Å². The van der Waals surface area contributed by atoms with Crippen molar-refractivity contribution < 1.29 is 44.5 Å². The highest BCUT2D eigenvalue weighted by Crippen LogP contribution is 2.63. The summed E-state index contributed by atoms with van der Waals surface area (Å²) >= 11 is 0. The highest BCUT2D eigenvalue weighted by atomic mass is 16.7. The van der Waals surface area contributed by atoms with Gasteiger partial charge in [-0.05, 0) is 56.8 Å². The molecule has 1 spiro atoms. The van der Waals surface area contributed by atoms with E-state index in [-0.39, 0.29) is 11.2 Å². The number of carboxylic acid groups (broad SMARTS) is 1. The fourth-order valence-electron chi connectivity index (χ4n) is 7.07. The Labute approximate surface area is 190 Å². The molecule has 10 heteroatoms. The number of benzene rings is 1. The van der Waals surface area contributed by atoms with E-state index in [4.69, 9.17) is 14.2 Å². The van der Waals surface area contributed by atoms with E-state index in [1.54, 1.807) is 6.07 Å². The van der Waals surface area contributed by atoms with Gasteiger partial charge in [-0.1, -0.05) is 6.07 Å². The number of piperidine rings is 1. The number of likely N-dealkylation sites (N-methyl/N-ethyl adjacent to an activating group) is 1. The van der Waals surface area contributed by atoms with Crippen molar-refractivity contribution in [3.8, 4) is 11.5 Å². The van der Waals surface area contributed by atoms with Crippen LogP contribution in [-0.2, 0) is 21.4 Å². The van der Waals surface area contributed by atoms with Crippen molar-refractivity contribution in [2.45, 2.75) is 80.1 Å². The van der Waals surface area contributed by atoms with E-state index in [1.165, 1.54) is 0 Å². The maximum atomic E-state index is 11.5. The summed E-state index contributed by atoms with van der Waals surface area (Å²) in [7, 11) is 2.15.